The molecule has 2 unspecified atom stereocenters. The first-order valence-corrected chi connectivity index (χ1v) is 5.32. The predicted molar refractivity (Wildman–Crippen MR) is 58.3 cm³/mol. The minimum atomic E-state index is -0.404. The summed E-state index contributed by atoms with van der Waals surface area (Å²) >= 11 is 6.02. The van der Waals surface area contributed by atoms with Crippen molar-refractivity contribution in [2.75, 3.05) is 0 Å². The molecule has 0 amide bonds. The molecule has 1 aromatic carbocycles. The van der Waals surface area contributed by atoms with Crippen LogP contribution < -0.4 is 0 Å². The van der Waals surface area contributed by atoms with E-state index in [1.807, 2.05) is 24.3 Å². The second-order valence-corrected chi connectivity index (χ2v) is 5.17. The monoisotopic (exact) mass is 210 g/mol. The van der Waals surface area contributed by atoms with Crippen LogP contribution in [0.3, 0.4) is 0 Å². The maximum absolute atomic E-state index is 10.1. The lowest BCUT2D eigenvalue weighted by atomic mass is 10.00. The maximum atomic E-state index is 10.1. The number of aliphatic hydroxyl groups excluding tert-OH is 1. The number of rotatable bonds is 2. The van der Waals surface area contributed by atoms with Gasteiger partial charge < -0.3 is 5.11 Å². The number of benzene rings is 1. The number of hydrogen-bond acceptors (Lipinski definition) is 1. The molecule has 14 heavy (non-hydrogen) atoms. The fraction of sp³-hybridized carbons (Fsp3) is 0.500. The van der Waals surface area contributed by atoms with Crippen LogP contribution in [0.2, 0.25) is 5.02 Å². The third-order valence-corrected chi connectivity index (χ3v) is 3.54. The molecule has 0 heterocycles. The van der Waals surface area contributed by atoms with Crippen LogP contribution in [0.1, 0.15) is 31.9 Å². The second-order valence-electron chi connectivity index (χ2n) is 4.77. The molecular weight excluding hydrogens is 196 g/mol. The van der Waals surface area contributed by atoms with Gasteiger partial charge in [0.25, 0.3) is 0 Å². The Kier molecular flexibility index (Phi) is 2.32. The van der Waals surface area contributed by atoms with Gasteiger partial charge in [-0.15, -0.1) is 0 Å². The van der Waals surface area contributed by atoms with Crippen LogP contribution in [0.15, 0.2) is 24.3 Å². The number of halogens is 1. The van der Waals surface area contributed by atoms with Gasteiger partial charge in [-0.3, -0.25) is 0 Å². The van der Waals surface area contributed by atoms with Gasteiger partial charge in [-0.1, -0.05) is 43.6 Å². The molecule has 1 fully saturated rings. The van der Waals surface area contributed by atoms with Crippen LogP contribution in [0.25, 0.3) is 0 Å². The minimum absolute atomic E-state index is 0.276. The van der Waals surface area contributed by atoms with Gasteiger partial charge in [0.2, 0.25) is 0 Å². The van der Waals surface area contributed by atoms with Gasteiger partial charge in [0.05, 0.1) is 6.10 Å². The first kappa shape index (κ1) is 10.0. The largest absolute Gasteiger partial charge is 0.388 e. The molecule has 1 saturated carbocycles. The van der Waals surface area contributed by atoms with Gasteiger partial charge >= 0.3 is 0 Å². The molecule has 1 aliphatic carbocycles. The van der Waals surface area contributed by atoms with E-state index < -0.39 is 6.10 Å². The normalized spacial score (nSPS) is 25.9. The standard InChI is InChI=1S/C12H15ClO/c1-12(2)7-9(12)11(14)8-5-3-4-6-10(8)13/h3-6,9,11,14H,7H2,1-2H3. The highest BCUT2D eigenvalue weighted by atomic mass is 35.5. The van der Waals surface area contributed by atoms with Gasteiger partial charge in [0.15, 0.2) is 0 Å². The van der Waals surface area contributed by atoms with Gasteiger partial charge in [0.1, 0.15) is 0 Å². The topological polar surface area (TPSA) is 20.2 Å². The Morgan fingerprint density at radius 2 is 2.00 bits per heavy atom. The maximum Gasteiger partial charge on any atom is 0.0837 e. The molecule has 0 spiro atoms. The fourth-order valence-electron chi connectivity index (χ4n) is 1.98. The summed E-state index contributed by atoms with van der Waals surface area (Å²) in [5, 5.41) is 10.8. The smallest absolute Gasteiger partial charge is 0.0837 e. The average Bonchev–Trinajstić information content (AvgIpc) is 2.75. The predicted octanol–water partition coefficient (Wildman–Crippen LogP) is 3.42. The SMILES string of the molecule is CC1(C)CC1C(O)c1ccccc1Cl. The Morgan fingerprint density at radius 1 is 1.43 bits per heavy atom. The lowest BCUT2D eigenvalue weighted by Gasteiger charge is -2.13. The summed E-state index contributed by atoms with van der Waals surface area (Å²) in [7, 11) is 0. The van der Waals surface area contributed by atoms with Crippen LogP contribution in [0.5, 0.6) is 0 Å². The molecule has 0 aromatic heterocycles. The van der Waals surface area contributed by atoms with E-state index in [1.54, 1.807) is 0 Å². The molecule has 0 saturated heterocycles. The molecular formula is C12H15ClO. The molecule has 2 rings (SSSR count). The van der Waals surface area contributed by atoms with Gasteiger partial charge in [0, 0.05) is 5.02 Å². The Balaban J connectivity index is 2.21. The zero-order valence-corrected chi connectivity index (χ0v) is 9.25. The van der Waals surface area contributed by atoms with Gasteiger partial charge in [-0.2, -0.15) is 0 Å². The average molecular weight is 211 g/mol. The zero-order chi connectivity index (χ0) is 10.3. The van der Waals surface area contributed by atoms with Crippen molar-refractivity contribution in [2.24, 2.45) is 11.3 Å². The van der Waals surface area contributed by atoms with Crippen LogP contribution in [-0.4, -0.2) is 5.11 Å². The van der Waals surface area contributed by atoms with Crippen molar-refractivity contribution in [3.8, 4) is 0 Å². The summed E-state index contributed by atoms with van der Waals surface area (Å²) in [6.07, 6.45) is 0.679. The van der Waals surface area contributed by atoms with E-state index >= 15 is 0 Å². The summed E-state index contributed by atoms with van der Waals surface area (Å²) in [6, 6.07) is 7.54. The Labute approximate surface area is 89.7 Å². The quantitative estimate of drug-likeness (QED) is 0.793. The Morgan fingerprint density at radius 3 is 2.50 bits per heavy atom. The summed E-state index contributed by atoms with van der Waals surface area (Å²) in [5.74, 6) is 0.363. The summed E-state index contributed by atoms with van der Waals surface area (Å²) < 4.78 is 0. The van der Waals surface area contributed by atoms with Gasteiger partial charge in [-0.05, 0) is 29.4 Å². The molecule has 1 aliphatic rings. The fourth-order valence-corrected chi connectivity index (χ4v) is 2.23. The van der Waals surface area contributed by atoms with Crippen molar-refractivity contribution in [1.82, 2.24) is 0 Å². The van der Waals surface area contributed by atoms with Crippen LogP contribution in [-0.2, 0) is 0 Å². The zero-order valence-electron chi connectivity index (χ0n) is 8.50. The van der Waals surface area contributed by atoms with Crippen molar-refractivity contribution in [3.63, 3.8) is 0 Å². The van der Waals surface area contributed by atoms with Crippen LogP contribution in [0.4, 0.5) is 0 Å². The van der Waals surface area contributed by atoms with E-state index in [4.69, 9.17) is 11.6 Å². The van der Waals surface area contributed by atoms with Crippen molar-refractivity contribution in [2.45, 2.75) is 26.4 Å². The van der Waals surface area contributed by atoms with E-state index in [0.717, 1.165) is 12.0 Å². The molecule has 1 N–H and O–H groups in total. The van der Waals surface area contributed by atoms with E-state index in [9.17, 15) is 5.11 Å². The summed E-state index contributed by atoms with van der Waals surface area (Å²) in [6.45, 7) is 4.36. The lowest BCUT2D eigenvalue weighted by molar-refractivity contribution is 0.138. The van der Waals surface area contributed by atoms with Crippen LogP contribution >= 0.6 is 11.6 Å². The molecule has 0 aliphatic heterocycles. The lowest BCUT2D eigenvalue weighted by Crippen LogP contribution is -2.05. The molecule has 2 atom stereocenters. The van der Waals surface area contributed by atoms with Crippen molar-refractivity contribution >= 4 is 11.6 Å². The van der Waals surface area contributed by atoms with Crippen molar-refractivity contribution < 1.29 is 5.11 Å². The Bertz CT molecular complexity index is 346. The summed E-state index contributed by atoms with van der Waals surface area (Å²) in [4.78, 5) is 0. The Hall–Kier alpha value is -0.530. The third-order valence-electron chi connectivity index (χ3n) is 3.19. The minimum Gasteiger partial charge on any atom is -0.388 e. The van der Waals surface area contributed by atoms with E-state index in [2.05, 4.69) is 13.8 Å². The molecule has 76 valence electrons. The highest BCUT2D eigenvalue weighted by molar-refractivity contribution is 6.31. The second kappa shape index (κ2) is 3.25. The van der Waals surface area contributed by atoms with E-state index in [0.29, 0.717) is 10.9 Å². The molecule has 0 radical (unpaired) electrons. The molecule has 2 heteroatoms. The number of hydrogen-bond donors (Lipinski definition) is 1. The van der Waals surface area contributed by atoms with Crippen molar-refractivity contribution in [1.29, 1.82) is 0 Å². The first-order valence-electron chi connectivity index (χ1n) is 4.95. The van der Waals surface area contributed by atoms with Crippen LogP contribution in [0, 0.1) is 11.3 Å². The van der Waals surface area contributed by atoms with E-state index in [-0.39, 0.29) is 5.41 Å². The molecule has 1 nitrogen and oxygen atoms in total. The first-order chi connectivity index (χ1) is 6.52. The highest BCUT2D eigenvalue weighted by Gasteiger charge is 2.50. The third kappa shape index (κ3) is 1.67. The number of aliphatic hydroxyl groups is 1. The highest BCUT2D eigenvalue weighted by Crippen LogP contribution is 2.58. The molecule has 1 aromatic rings. The summed E-state index contributed by atoms with van der Waals surface area (Å²) in [5.41, 5.74) is 1.14. The van der Waals surface area contributed by atoms with E-state index in [1.165, 1.54) is 0 Å². The molecule has 0 bridgehead atoms. The van der Waals surface area contributed by atoms with Gasteiger partial charge in [-0.25, -0.2) is 0 Å². The van der Waals surface area contributed by atoms with Crippen molar-refractivity contribution in [3.05, 3.63) is 34.9 Å².